The van der Waals surface area contributed by atoms with Crippen LogP contribution in [0, 0.1) is 0 Å². The van der Waals surface area contributed by atoms with E-state index in [0.29, 0.717) is 18.6 Å². The lowest BCUT2D eigenvalue weighted by Gasteiger charge is -2.17. The van der Waals surface area contributed by atoms with Crippen LogP contribution in [0.1, 0.15) is 58.8 Å². The van der Waals surface area contributed by atoms with Crippen LogP contribution in [0.5, 0.6) is 0 Å². The van der Waals surface area contributed by atoms with Crippen molar-refractivity contribution in [3.05, 3.63) is 0 Å². The van der Waals surface area contributed by atoms with Gasteiger partial charge in [0, 0.05) is 12.1 Å². The lowest BCUT2D eigenvalue weighted by Crippen LogP contribution is -2.42. The van der Waals surface area contributed by atoms with Crippen molar-refractivity contribution in [3.63, 3.8) is 0 Å². The van der Waals surface area contributed by atoms with Gasteiger partial charge in [-0.3, -0.25) is 4.79 Å². The third-order valence-electron chi connectivity index (χ3n) is 3.44. The Hall–Kier alpha value is -0.570. The quantitative estimate of drug-likeness (QED) is 0.706. The molecule has 1 amide bonds. The Labute approximate surface area is 99.4 Å². The molecule has 0 aliphatic heterocycles. The Kier molecular flexibility index (Phi) is 6.46. The molecule has 1 aliphatic rings. The van der Waals surface area contributed by atoms with E-state index in [2.05, 4.69) is 24.5 Å². The van der Waals surface area contributed by atoms with Gasteiger partial charge in [-0.25, -0.2) is 0 Å². The first-order valence-electron chi connectivity index (χ1n) is 6.75. The number of carbonyl (C=O) groups is 1. The summed E-state index contributed by atoms with van der Waals surface area (Å²) in [5, 5.41) is 6.36. The number of rotatable bonds is 5. The van der Waals surface area contributed by atoms with Crippen molar-refractivity contribution < 1.29 is 4.79 Å². The summed E-state index contributed by atoms with van der Waals surface area (Å²) in [4.78, 5) is 11.7. The average Bonchev–Trinajstić information content (AvgIpc) is 2.54. The van der Waals surface area contributed by atoms with E-state index in [1.807, 2.05) is 0 Å². The Morgan fingerprint density at radius 2 is 1.88 bits per heavy atom. The highest BCUT2D eigenvalue weighted by Gasteiger charge is 2.14. The maximum absolute atomic E-state index is 11.7. The smallest absolute Gasteiger partial charge is 0.234 e. The van der Waals surface area contributed by atoms with E-state index < -0.39 is 0 Å². The zero-order chi connectivity index (χ0) is 11.8. The van der Waals surface area contributed by atoms with Crippen LogP contribution in [0.3, 0.4) is 0 Å². The first-order valence-corrected chi connectivity index (χ1v) is 6.75. The van der Waals surface area contributed by atoms with Gasteiger partial charge in [0.2, 0.25) is 5.91 Å². The van der Waals surface area contributed by atoms with Crippen LogP contribution < -0.4 is 10.6 Å². The van der Waals surface area contributed by atoms with Crippen LogP contribution in [-0.4, -0.2) is 24.5 Å². The van der Waals surface area contributed by atoms with Gasteiger partial charge in [-0.05, 0) is 26.2 Å². The van der Waals surface area contributed by atoms with E-state index in [1.165, 1.54) is 25.7 Å². The van der Waals surface area contributed by atoms with E-state index in [0.717, 1.165) is 19.3 Å². The minimum atomic E-state index is 0.159. The van der Waals surface area contributed by atoms with Gasteiger partial charge in [0.1, 0.15) is 0 Å². The molecular weight excluding hydrogens is 200 g/mol. The summed E-state index contributed by atoms with van der Waals surface area (Å²) in [6.07, 6.45) is 8.59. The van der Waals surface area contributed by atoms with E-state index in [4.69, 9.17) is 0 Å². The molecule has 3 nitrogen and oxygen atoms in total. The van der Waals surface area contributed by atoms with E-state index in [1.54, 1.807) is 0 Å². The van der Waals surface area contributed by atoms with Crippen LogP contribution in [0.2, 0.25) is 0 Å². The highest BCUT2D eigenvalue weighted by molar-refractivity contribution is 5.78. The Bertz CT molecular complexity index is 198. The van der Waals surface area contributed by atoms with Crippen LogP contribution in [-0.2, 0) is 4.79 Å². The number of amides is 1. The van der Waals surface area contributed by atoms with E-state index in [-0.39, 0.29) is 5.91 Å². The molecule has 1 unspecified atom stereocenters. The van der Waals surface area contributed by atoms with Gasteiger partial charge in [0.15, 0.2) is 0 Å². The number of hydrogen-bond acceptors (Lipinski definition) is 2. The fourth-order valence-electron chi connectivity index (χ4n) is 2.11. The van der Waals surface area contributed by atoms with Gasteiger partial charge in [0.05, 0.1) is 6.54 Å². The summed E-state index contributed by atoms with van der Waals surface area (Å²) < 4.78 is 0. The summed E-state index contributed by atoms with van der Waals surface area (Å²) in [7, 11) is 0. The Morgan fingerprint density at radius 3 is 2.44 bits per heavy atom. The second-order valence-corrected chi connectivity index (χ2v) is 4.95. The first-order chi connectivity index (χ1) is 7.72. The monoisotopic (exact) mass is 226 g/mol. The van der Waals surface area contributed by atoms with Gasteiger partial charge in [-0.15, -0.1) is 0 Å². The average molecular weight is 226 g/mol. The van der Waals surface area contributed by atoms with Gasteiger partial charge < -0.3 is 10.6 Å². The Balaban J connectivity index is 2.16. The molecule has 1 rings (SSSR count). The third-order valence-corrected chi connectivity index (χ3v) is 3.44. The van der Waals surface area contributed by atoms with Crippen LogP contribution >= 0.6 is 0 Å². The molecule has 16 heavy (non-hydrogen) atoms. The molecule has 1 atom stereocenters. The maximum Gasteiger partial charge on any atom is 0.234 e. The summed E-state index contributed by atoms with van der Waals surface area (Å²) in [6.45, 7) is 4.70. The lowest BCUT2D eigenvalue weighted by molar-refractivity contribution is -0.121. The Morgan fingerprint density at radius 1 is 1.25 bits per heavy atom. The second kappa shape index (κ2) is 7.66. The van der Waals surface area contributed by atoms with Crippen molar-refractivity contribution in [2.45, 2.75) is 70.9 Å². The van der Waals surface area contributed by atoms with Gasteiger partial charge >= 0.3 is 0 Å². The zero-order valence-corrected chi connectivity index (χ0v) is 10.7. The lowest BCUT2D eigenvalue weighted by atomic mass is 10.1. The molecule has 0 radical (unpaired) electrons. The topological polar surface area (TPSA) is 41.1 Å². The van der Waals surface area contributed by atoms with Gasteiger partial charge in [-0.1, -0.05) is 32.6 Å². The molecule has 94 valence electrons. The summed E-state index contributed by atoms with van der Waals surface area (Å²) >= 11 is 0. The molecule has 0 bridgehead atoms. The molecule has 1 saturated carbocycles. The molecule has 3 heteroatoms. The largest absolute Gasteiger partial charge is 0.352 e. The molecule has 0 aromatic rings. The molecule has 0 spiro atoms. The van der Waals surface area contributed by atoms with Crippen molar-refractivity contribution >= 4 is 5.91 Å². The number of carbonyl (C=O) groups excluding carboxylic acids is 1. The molecule has 1 aliphatic carbocycles. The highest BCUT2D eigenvalue weighted by atomic mass is 16.1. The summed E-state index contributed by atoms with van der Waals surface area (Å²) in [5.74, 6) is 0.159. The highest BCUT2D eigenvalue weighted by Crippen LogP contribution is 2.16. The second-order valence-electron chi connectivity index (χ2n) is 4.95. The first kappa shape index (κ1) is 13.5. The molecule has 2 N–H and O–H groups in total. The van der Waals surface area contributed by atoms with Gasteiger partial charge in [0.25, 0.3) is 0 Å². The molecular formula is C13H26N2O. The summed E-state index contributed by atoms with van der Waals surface area (Å²) in [6, 6.07) is 0.855. The van der Waals surface area contributed by atoms with Crippen LogP contribution in [0.25, 0.3) is 0 Å². The third kappa shape index (κ3) is 5.50. The van der Waals surface area contributed by atoms with Gasteiger partial charge in [-0.2, -0.15) is 0 Å². The SMILES string of the molecule is CCC(C)NCC(=O)NC1CCCCCC1. The molecule has 0 saturated heterocycles. The molecule has 0 aromatic carbocycles. The summed E-state index contributed by atoms with van der Waals surface area (Å²) in [5.41, 5.74) is 0. The molecule has 1 fully saturated rings. The maximum atomic E-state index is 11.7. The standard InChI is InChI=1S/C13H26N2O/c1-3-11(2)14-10-13(16)15-12-8-6-4-5-7-9-12/h11-12,14H,3-10H2,1-2H3,(H,15,16). The van der Waals surface area contributed by atoms with Crippen molar-refractivity contribution in [2.24, 2.45) is 0 Å². The van der Waals surface area contributed by atoms with Crippen molar-refractivity contribution in [1.29, 1.82) is 0 Å². The number of hydrogen-bond donors (Lipinski definition) is 2. The predicted molar refractivity (Wildman–Crippen MR) is 67.4 cm³/mol. The van der Waals surface area contributed by atoms with Crippen molar-refractivity contribution in [2.75, 3.05) is 6.54 Å². The van der Waals surface area contributed by atoms with Crippen LogP contribution in [0.15, 0.2) is 0 Å². The van der Waals surface area contributed by atoms with Crippen molar-refractivity contribution in [1.82, 2.24) is 10.6 Å². The van der Waals surface area contributed by atoms with Crippen LogP contribution in [0.4, 0.5) is 0 Å². The van der Waals surface area contributed by atoms with Crippen molar-refractivity contribution in [3.8, 4) is 0 Å². The fraction of sp³-hybridized carbons (Fsp3) is 0.923. The minimum absolute atomic E-state index is 0.159. The normalized spacial score (nSPS) is 20.1. The minimum Gasteiger partial charge on any atom is -0.352 e. The number of nitrogens with one attached hydrogen (secondary N) is 2. The van der Waals surface area contributed by atoms with E-state index in [9.17, 15) is 4.79 Å². The molecule has 0 heterocycles. The zero-order valence-electron chi connectivity index (χ0n) is 10.7. The van der Waals surface area contributed by atoms with E-state index >= 15 is 0 Å². The molecule has 0 aromatic heterocycles. The predicted octanol–water partition coefficient (Wildman–Crippen LogP) is 2.21. The fourth-order valence-corrected chi connectivity index (χ4v) is 2.11.